The van der Waals surface area contributed by atoms with Gasteiger partial charge in [-0.25, -0.2) is 14.3 Å². The number of carbonyl (C=O) groups excluding carboxylic acids is 2. The molecule has 206 valence electrons. The molecule has 2 rings (SSSR count). The normalized spacial score (nSPS) is 11.5. The predicted molar refractivity (Wildman–Crippen MR) is 153 cm³/mol. The molecule has 0 aliphatic heterocycles. The van der Waals surface area contributed by atoms with Crippen molar-refractivity contribution in [2.75, 3.05) is 11.9 Å². The molecule has 0 saturated carbocycles. The van der Waals surface area contributed by atoms with Crippen molar-refractivity contribution in [2.24, 2.45) is 0 Å². The summed E-state index contributed by atoms with van der Waals surface area (Å²) in [6, 6.07) is 7.34. The van der Waals surface area contributed by atoms with Crippen LogP contribution in [0.25, 0.3) is 0 Å². The molecule has 0 saturated heterocycles. The van der Waals surface area contributed by atoms with Gasteiger partial charge in [-0.15, -0.1) is 0 Å². The summed E-state index contributed by atoms with van der Waals surface area (Å²) in [7, 11) is 0. The smallest absolute Gasteiger partial charge is 0.420 e. The molecule has 1 aromatic carbocycles. The standard InChI is InChI=1S/C31H49N3O3/c1-5-6-7-8-9-10-11-12-13-14-15-16-17-18-23-32-27-21-19-26(20-22-27)28(35)29-33-24-25-34(29)30(36)37-31(2,3)4/h19-22,24-25,32H,5-18,23H2,1-4H3. The van der Waals surface area contributed by atoms with Crippen LogP contribution in [0.15, 0.2) is 36.7 Å². The Morgan fingerprint density at radius 1 is 0.811 bits per heavy atom. The Balaban J connectivity index is 1.58. The van der Waals surface area contributed by atoms with Gasteiger partial charge in [-0.05, 0) is 51.5 Å². The van der Waals surface area contributed by atoms with Gasteiger partial charge in [0.1, 0.15) is 5.60 Å². The van der Waals surface area contributed by atoms with E-state index in [1.165, 1.54) is 95.9 Å². The van der Waals surface area contributed by atoms with Crippen LogP contribution >= 0.6 is 0 Å². The van der Waals surface area contributed by atoms with Crippen molar-refractivity contribution >= 4 is 17.6 Å². The number of anilines is 1. The van der Waals surface area contributed by atoms with Crippen LogP contribution in [0, 0.1) is 0 Å². The van der Waals surface area contributed by atoms with Gasteiger partial charge in [0.05, 0.1) is 0 Å². The van der Waals surface area contributed by atoms with E-state index < -0.39 is 11.7 Å². The lowest BCUT2D eigenvalue weighted by Gasteiger charge is -2.19. The highest BCUT2D eigenvalue weighted by atomic mass is 16.6. The van der Waals surface area contributed by atoms with Crippen molar-refractivity contribution in [3.63, 3.8) is 0 Å². The van der Waals surface area contributed by atoms with Gasteiger partial charge < -0.3 is 10.1 Å². The van der Waals surface area contributed by atoms with Crippen LogP contribution in [0.4, 0.5) is 10.5 Å². The van der Waals surface area contributed by atoms with E-state index in [9.17, 15) is 9.59 Å². The van der Waals surface area contributed by atoms with Gasteiger partial charge in [0.25, 0.3) is 0 Å². The average molecular weight is 512 g/mol. The van der Waals surface area contributed by atoms with E-state index in [0.29, 0.717) is 5.56 Å². The number of nitrogens with zero attached hydrogens (tertiary/aromatic N) is 2. The van der Waals surface area contributed by atoms with Gasteiger partial charge >= 0.3 is 6.09 Å². The fourth-order valence-corrected chi connectivity index (χ4v) is 4.35. The number of ether oxygens (including phenoxy) is 1. The maximum atomic E-state index is 12.9. The van der Waals surface area contributed by atoms with E-state index in [4.69, 9.17) is 4.74 Å². The summed E-state index contributed by atoms with van der Waals surface area (Å²) in [4.78, 5) is 29.4. The van der Waals surface area contributed by atoms with Crippen LogP contribution in [0.3, 0.4) is 0 Å². The minimum absolute atomic E-state index is 0.0531. The van der Waals surface area contributed by atoms with E-state index in [1.54, 1.807) is 32.9 Å². The molecule has 0 aliphatic carbocycles. The molecule has 6 heteroatoms. The summed E-state index contributed by atoms with van der Waals surface area (Å²) < 4.78 is 6.53. The monoisotopic (exact) mass is 511 g/mol. The third-order valence-corrected chi connectivity index (χ3v) is 6.44. The van der Waals surface area contributed by atoms with Crippen molar-refractivity contribution in [3.05, 3.63) is 48.0 Å². The molecule has 1 heterocycles. The number of unbranched alkanes of at least 4 members (excludes halogenated alkanes) is 13. The van der Waals surface area contributed by atoms with Crippen LogP contribution in [0.5, 0.6) is 0 Å². The summed E-state index contributed by atoms with van der Waals surface area (Å²) in [5.41, 5.74) is 0.821. The molecule has 6 nitrogen and oxygen atoms in total. The van der Waals surface area contributed by atoms with Gasteiger partial charge in [0.15, 0.2) is 5.82 Å². The van der Waals surface area contributed by atoms with Crippen molar-refractivity contribution in [3.8, 4) is 0 Å². The summed E-state index contributed by atoms with van der Waals surface area (Å²) in [5.74, 6) is -0.258. The van der Waals surface area contributed by atoms with Gasteiger partial charge in [0, 0.05) is 30.2 Å². The molecular formula is C31H49N3O3. The molecule has 0 atom stereocenters. The second-order valence-corrected chi connectivity index (χ2v) is 11.0. The molecule has 0 fully saturated rings. The summed E-state index contributed by atoms with van der Waals surface area (Å²) in [6.45, 7) is 8.56. The first-order valence-corrected chi connectivity index (χ1v) is 14.5. The first-order valence-electron chi connectivity index (χ1n) is 14.5. The first kappa shape index (κ1) is 30.6. The Morgan fingerprint density at radius 3 is 1.84 bits per heavy atom. The molecule has 1 aromatic heterocycles. The Morgan fingerprint density at radius 2 is 1.32 bits per heavy atom. The highest BCUT2D eigenvalue weighted by Gasteiger charge is 2.23. The number of imidazole rings is 1. The average Bonchev–Trinajstić information content (AvgIpc) is 3.36. The molecular weight excluding hydrogens is 462 g/mol. The van der Waals surface area contributed by atoms with Crippen LogP contribution in [0.2, 0.25) is 0 Å². The minimum Gasteiger partial charge on any atom is -0.443 e. The van der Waals surface area contributed by atoms with E-state index in [1.807, 2.05) is 12.1 Å². The predicted octanol–water partition coefficient (Wildman–Crippen LogP) is 8.79. The SMILES string of the molecule is CCCCCCCCCCCCCCCCNc1ccc(C(=O)c2nccn2C(=O)OC(C)(C)C)cc1. The zero-order valence-electron chi connectivity index (χ0n) is 23.7. The number of rotatable bonds is 18. The number of nitrogens with one attached hydrogen (secondary N) is 1. The van der Waals surface area contributed by atoms with Crippen molar-refractivity contribution in [1.82, 2.24) is 9.55 Å². The lowest BCUT2D eigenvalue weighted by atomic mass is 10.0. The Hall–Kier alpha value is -2.63. The molecule has 0 spiro atoms. The Kier molecular flexibility index (Phi) is 14.0. The summed E-state index contributed by atoms with van der Waals surface area (Å²) in [5, 5.41) is 3.44. The van der Waals surface area contributed by atoms with E-state index >= 15 is 0 Å². The molecule has 0 radical (unpaired) electrons. The third kappa shape index (κ3) is 12.4. The van der Waals surface area contributed by atoms with E-state index in [2.05, 4.69) is 17.2 Å². The molecule has 0 amide bonds. The maximum absolute atomic E-state index is 12.9. The lowest BCUT2D eigenvalue weighted by molar-refractivity contribution is 0.0528. The Bertz CT molecular complexity index is 913. The Labute approximate surface area is 224 Å². The van der Waals surface area contributed by atoms with Crippen LogP contribution in [-0.4, -0.2) is 33.6 Å². The number of aromatic nitrogens is 2. The minimum atomic E-state index is -0.651. The van der Waals surface area contributed by atoms with Gasteiger partial charge in [-0.1, -0.05) is 90.4 Å². The molecule has 2 aromatic rings. The molecule has 0 bridgehead atoms. The van der Waals surface area contributed by atoms with E-state index in [-0.39, 0.29) is 11.6 Å². The van der Waals surface area contributed by atoms with Crippen LogP contribution < -0.4 is 5.32 Å². The third-order valence-electron chi connectivity index (χ3n) is 6.44. The summed E-state index contributed by atoms with van der Waals surface area (Å²) in [6.07, 6.45) is 21.3. The van der Waals surface area contributed by atoms with Gasteiger partial charge in [0.2, 0.25) is 5.78 Å². The highest BCUT2D eigenvalue weighted by molar-refractivity contribution is 6.08. The zero-order chi connectivity index (χ0) is 26.9. The number of benzene rings is 1. The number of ketones is 1. The van der Waals surface area contributed by atoms with Crippen molar-refractivity contribution < 1.29 is 14.3 Å². The topological polar surface area (TPSA) is 73.2 Å². The van der Waals surface area contributed by atoms with Crippen molar-refractivity contribution in [2.45, 2.75) is 123 Å². The zero-order valence-corrected chi connectivity index (χ0v) is 23.7. The number of hydrogen-bond acceptors (Lipinski definition) is 5. The number of hydrogen-bond donors (Lipinski definition) is 1. The fraction of sp³-hybridized carbons (Fsp3) is 0.645. The molecule has 1 N–H and O–H groups in total. The second kappa shape index (κ2) is 17.0. The van der Waals surface area contributed by atoms with Gasteiger partial charge in [-0.2, -0.15) is 0 Å². The lowest BCUT2D eigenvalue weighted by Crippen LogP contribution is -2.28. The largest absolute Gasteiger partial charge is 0.443 e. The maximum Gasteiger partial charge on any atom is 0.420 e. The van der Waals surface area contributed by atoms with Crippen molar-refractivity contribution in [1.29, 1.82) is 0 Å². The van der Waals surface area contributed by atoms with Crippen LogP contribution in [0.1, 0.15) is 134 Å². The van der Waals surface area contributed by atoms with Gasteiger partial charge in [-0.3, -0.25) is 4.79 Å². The quantitative estimate of drug-likeness (QED) is 0.160. The summed E-state index contributed by atoms with van der Waals surface area (Å²) >= 11 is 0. The molecule has 37 heavy (non-hydrogen) atoms. The van der Waals surface area contributed by atoms with Crippen LogP contribution in [-0.2, 0) is 4.74 Å². The fourth-order valence-electron chi connectivity index (χ4n) is 4.35. The second-order valence-electron chi connectivity index (χ2n) is 11.0. The highest BCUT2D eigenvalue weighted by Crippen LogP contribution is 2.16. The first-order chi connectivity index (χ1) is 17.8. The molecule has 0 unspecified atom stereocenters. The van der Waals surface area contributed by atoms with E-state index in [0.717, 1.165) is 23.2 Å². The molecule has 0 aliphatic rings. The number of carbonyl (C=O) groups is 2.